The SMILES string of the molecule is O=C(NCc1ccc(F)cc1)c1cnc(NCc2cccnc2)nc1. The second-order valence-corrected chi connectivity index (χ2v) is 5.32. The Morgan fingerprint density at radius 1 is 0.960 bits per heavy atom. The van der Waals surface area contributed by atoms with Gasteiger partial charge in [0.25, 0.3) is 5.91 Å². The molecule has 0 radical (unpaired) electrons. The van der Waals surface area contributed by atoms with Crippen LogP contribution in [0.4, 0.5) is 10.3 Å². The lowest BCUT2D eigenvalue weighted by molar-refractivity contribution is 0.0950. The molecule has 25 heavy (non-hydrogen) atoms. The van der Waals surface area contributed by atoms with Gasteiger partial charge in [-0.2, -0.15) is 0 Å². The molecule has 1 amide bonds. The summed E-state index contributed by atoms with van der Waals surface area (Å²) in [5.74, 6) is -0.167. The van der Waals surface area contributed by atoms with Crippen molar-refractivity contribution in [3.63, 3.8) is 0 Å². The fourth-order valence-electron chi connectivity index (χ4n) is 2.11. The molecule has 3 aromatic rings. The zero-order chi connectivity index (χ0) is 17.5. The molecular formula is C18H16FN5O. The number of pyridine rings is 1. The highest BCUT2D eigenvalue weighted by Crippen LogP contribution is 2.05. The van der Waals surface area contributed by atoms with Crippen molar-refractivity contribution in [1.82, 2.24) is 20.3 Å². The van der Waals surface area contributed by atoms with Crippen molar-refractivity contribution >= 4 is 11.9 Å². The van der Waals surface area contributed by atoms with Gasteiger partial charge < -0.3 is 10.6 Å². The molecule has 0 unspecified atom stereocenters. The zero-order valence-electron chi connectivity index (χ0n) is 13.3. The largest absolute Gasteiger partial charge is 0.350 e. The van der Waals surface area contributed by atoms with Crippen molar-refractivity contribution < 1.29 is 9.18 Å². The maximum atomic E-state index is 12.8. The highest BCUT2D eigenvalue weighted by atomic mass is 19.1. The predicted molar refractivity (Wildman–Crippen MR) is 91.2 cm³/mol. The van der Waals surface area contributed by atoms with Crippen LogP contribution in [0.25, 0.3) is 0 Å². The molecule has 3 rings (SSSR count). The monoisotopic (exact) mass is 337 g/mol. The highest BCUT2D eigenvalue weighted by molar-refractivity contribution is 5.93. The molecular weight excluding hydrogens is 321 g/mol. The molecule has 0 fully saturated rings. The summed E-state index contributed by atoms with van der Waals surface area (Å²) < 4.78 is 12.8. The first kappa shape index (κ1) is 16.5. The van der Waals surface area contributed by atoms with Crippen LogP contribution < -0.4 is 10.6 Å². The average molecular weight is 337 g/mol. The summed E-state index contributed by atoms with van der Waals surface area (Å²) >= 11 is 0. The number of halogens is 1. The molecule has 0 aliphatic rings. The number of carbonyl (C=O) groups excluding carboxylic acids is 1. The van der Waals surface area contributed by atoms with Gasteiger partial charge in [0.05, 0.1) is 5.56 Å². The molecule has 2 heterocycles. The molecule has 6 nitrogen and oxygen atoms in total. The molecule has 0 atom stereocenters. The smallest absolute Gasteiger partial charge is 0.254 e. The van der Waals surface area contributed by atoms with Crippen molar-refractivity contribution in [2.75, 3.05) is 5.32 Å². The number of aromatic nitrogens is 3. The highest BCUT2D eigenvalue weighted by Gasteiger charge is 2.07. The third-order valence-corrected chi connectivity index (χ3v) is 3.45. The molecule has 1 aromatic carbocycles. The summed E-state index contributed by atoms with van der Waals surface area (Å²) in [6.07, 6.45) is 6.38. The Bertz CT molecular complexity index is 822. The summed E-state index contributed by atoms with van der Waals surface area (Å²) in [5, 5.41) is 5.80. The fraction of sp³-hybridized carbons (Fsp3) is 0.111. The van der Waals surface area contributed by atoms with Crippen LogP contribution in [0.1, 0.15) is 21.5 Å². The van der Waals surface area contributed by atoms with Crippen molar-refractivity contribution in [2.45, 2.75) is 13.1 Å². The van der Waals surface area contributed by atoms with Gasteiger partial charge in [-0.1, -0.05) is 18.2 Å². The minimum atomic E-state index is -0.308. The molecule has 0 saturated heterocycles. The van der Waals surface area contributed by atoms with E-state index in [1.807, 2.05) is 12.1 Å². The summed E-state index contributed by atoms with van der Waals surface area (Å²) in [5.41, 5.74) is 2.17. The van der Waals surface area contributed by atoms with E-state index in [9.17, 15) is 9.18 Å². The Morgan fingerprint density at radius 2 is 1.72 bits per heavy atom. The van der Waals surface area contributed by atoms with E-state index in [-0.39, 0.29) is 11.7 Å². The first-order valence-corrected chi connectivity index (χ1v) is 7.68. The lowest BCUT2D eigenvalue weighted by Gasteiger charge is -2.07. The van der Waals surface area contributed by atoms with Gasteiger partial charge in [0.2, 0.25) is 5.95 Å². The first-order valence-electron chi connectivity index (χ1n) is 7.68. The van der Waals surface area contributed by atoms with Crippen molar-refractivity contribution in [1.29, 1.82) is 0 Å². The number of nitrogens with zero attached hydrogens (tertiary/aromatic N) is 3. The van der Waals surface area contributed by atoms with Crippen LogP contribution in [0, 0.1) is 5.82 Å². The van der Waals surface area contributed by atoms with E-state index in [4.69, 9.17) is 0 Å². The molecule has 2 N–H and O–H groups in total. The number of nitrogens with one attached hydrogen (secondary N) is 2. The fourth-order valence-corrected chi connectivity index (χ4v) is 2.11. The predicted octanol–water partition coefficient (Wildman–Crippen LogP) is 2.55. The number of amides is 1. The molecule has 7 heteroatoms. The maximum absolute atomic E-state index is 12.8. The summed E-state index contributed by atoms with van der Waals surface area (Å²) in [4.78, 5) is 24.4. The quantitative estimate of drug-likeness (QED) is 0.723. The molecule has 0 spiro atoms. The normalized spacial score (nSPS) is 10.3. The van der Waals surface area contributed by atoms with E-state index < -0.39 is 0 Å². The van der Waals surface area contributed by atoms with Gasteiger partial charge in [0.15, 0.2) is 0 Å². The number of rotatable bonds is 6. The molecule has 126 valence electrons. The zero-order valence-corrected chi connectivity index (χ0v) is 13.3. The van der Waals surface area contributed by atoms with Crippen LogP contribution in [0.15, 0.2) is 61.2 Å². The molecule has 0 aliphatic heterocycles. The van der Waals surface area contributed by atoms with Crippen molar-refractivity contribution in [3.05, 3.63) is 83.7 Å². The minimum Gasteiger partial charge on any atom is -0.350 e. The van der Waals surface area contributed by atoms with E-state index in [0.29, 0.717) is 24.6 Å². The van der Waals surface area contributed by atoms with Crippen LogP contribution in [0.2, 0.25) is 0 Å². The Labute approximate surface area is 144 Å². The van der Waals surface area contributed by atoms with Crippen LogP contribution in [0.5, 0.6) is 0 Å². The van der Waals surface area contributed by atoms with Gasteiger partial charge in [-0.05, 0) is 29.3 Å². The molecule has 2 aromatic heterocycles. The first-order chi connectivity index (χ1) is 12.2. The Morgan fingerprint density at radius 3 is 2.40 bits per heavy atom. The topological polar surface area (TPSA) is 79.8 Å². The van der Waals surface area contributed by atoms with Gasteiger partial charge in [-0.25, -0.2) is 14.4 Å². The standard InChI is InChI=1S/C18H16FN5O/c19-16-5-3-13(4-6-16)9-21-17(25)15-11-23-18(24-12-15)22-10-14-2-1-7-20-8-14/h1-8,11-12H,9-10H2,(H,21,25)(H,22,23,24). The molecule has 0 bridgehead atoms. The van der Waals surface area contributed by atoms with E-state index in [1.54, 1.807) is 24.5 Å². The number of carbonyl (C=O) groups is 1. The maximum Gasteiger partial charge on any atom is 0.254 e. The van der Waals surface area contributed by atoms with E-state index in [2.05, 4.69) is 25.6 Å². The van der Waals surface area contributed by atoms with Crippen molar-refractivity contribution in [2.24, 2.45) is 0 Å². The number of benzene rings is 1. The van der Waals surface area contributed by atoms with Gasteiger partial charge in [-0.15, -0.1) is 0 Å². The lowest BCUT2D eigenvalue weighted by Crippen LogP contribution is -2.23. The van der Waals surface area contributed by atoms with Gasteiger partial charge in [0, 0.05) is 37.9 Å². The van der Waals surface area contributed by atoms with Crippen LogP contribution in [0.3, 0.4) is 0 Å². The van der Waals surface area contributed by atoms with Crippen LogP contribution >= 0.6 is 0 Å². The van der Waals surface area contributed by atoms with Gasteiger partial charge in [-0.3, -0.25) is 9.78 Å². The number of hydrogen-bond donors (Lipinski definition) is 2. The minimum absolute atomic E-state index is 0.289. The summed E-state index contributed by atoms with van der Waals surface area (Å²) in [6, 6.07) is 9.75. The third-order valence-electron chi connectivity index (χ3n) is 3.45. The van der Waals surface area contributed by atoms with Gasteiger partial charge in [0.1, 0.15) is 5.82 Å². The van der Waals surface area contributed by atoms with E-state index >= 15 is 0 Å². The van der Waals surface area contributed by atoms with Crippen molar-refractivity contribution in [3.8, 4) is 0 Å². The molecule has 0 aliphatic carbocycles. The number of hydrogen-bond acceptors (Lipinski definition) is 5. The second-order valence-electron chi connectivity index (χ2n) is 5.32. The van der Waals surface area contributed by atoms with Crippen LogP contribution in [-0.4, -0.2) is 20.9 Å². The van der Waals surface area contributed by atoms with Gasteiger partial charge >= 0.3 is 0 Å². The van der Waals surface area contributed by atoms with E-state index in [0.717, 1.165) is 11.1 Å². The second kappa shape index (κ2) is 7.96. The average Bonchev–Trinajstić information content (AvgIpc) is 2.67. The van der Waals surface area contributed by atoms with E-state index in [1.165, 1.54) is 24.5 Å². The molecule has 0 saturated carbocycles. The third kappa shape index (κ3) is 4.81. The summed E-state index contributed by atoms with van der Waals surface area (Å²) in [7, 11) is 0. The Hall–Kier alpha value is -3.35. The Balaban J connectivity index is 1.52. The van der Waals surface area contributed by atoms with Crippen LogP contribution in [-0.2, 0) is 13.1 Å². The number of anilines is 1. The Kier molecular flexibility index (Phi) is 5.26. The summed E-state index contributed by atoms with van der Waals surface area (Å²) in [6.45, 7) is 0.851. The lowest BCUT2D eigenvalue weighted by atomic mass is 10.2.